The Labute approximate surface area is 145 Å². The molecule has 24 heavy (non-hydrogen) atoms. The van der Waals surface area contributed by atoms with Crippen LogP contribution < -0.4 is 4.74 Å². The van der Waals surface area contributed by atoms with Crippen LogP contribution in [0.15, 0.2) is 41.4 Å². The number of nitrogens with zero attached hydrogens (tertiary/aromatic N) is 2. The third kappa shape index (κ3) is 4.52. The number of methoxy groups -OCH3 is 1. The molecule has 2 aromatic rings. The van der Waals surface area contributed by atoms with Crippen molar-refractivity contribution in [2.45, 2.75) is 17.1 Å². The van der Waals surface area contributed by atoms with Gasteiger partial charge in [-0.1, -0.05) is 23.7 Å². The average molecular weight is 381 g/mol. The highest BCUT2D eigenvalue weighted by atomic mass is 35.5. The van der Waals surface area contributed by atoms with Gasteiger partial charge in [0.1, 0.15) is 6.04 Å². The van der Waals surface area contributed by atoms with Crippen LogP contribution >= 0.6 is 23.5 Å². The number of benzene rings is 1. The lowest BCUT2D eigenvalue weighted by Gasteiger charge is -2.29. The summed E-state index contributed by atoms with van der Waals surface area (Å²) in [5.41, 5.74) is 0.0313. The largest absolute Gasteiger partial charge is 0.479 e. The molecule has 2 rings (SSSR count). The highest BCUT2D eigenvalue weighted by molar-refractivity contribution is 7.97. The Morgan fingerprint density at radius 1 is 1.25 bits per heavy atom. The maximum atomic E-state index is 13.6. The van der Waals surface area contributed by atoms with E-state index in [1.807, 2.05) is 0 Å². The third-order valence-electron chi connectivity index (χ3n) is 3.08. The Kier molecular flexibility index (Phi) is 5.95. The number of pyridine rings is 1. The van der Waals surface area contributed by atoms with E-state index in [4.69, 9.17) is 11.6 Å². The zero-order chi connectivity index (χ0) is 17.9. The molecule has 0 aliphatic rings. The van der Waals surface area contributed by atoms with Crippen LogP contribution in [0, 0.1) is 5.82 Å². The highest BCUT2D eigenvalue weighted by Gasteiger charge is 2.44. The van der Waals surface area contributed by atoms with E-state index in [0.29, 0.717) is 5.02 Å². The highest BCUT2D eigenvalue weighted by Crippen LogP contribution is 2.42. The fourth-order valence-corrected chi connectivity index (χ4v) is 3.14. The Bertz CT molecular complexity index is 697. The minimum Gasteiger partial charge on any atom is -0.479 e. The van der Waals surface area contributed by atoms with Crippen LogP contribution in [0.3, 0.4) is 0 Å². The number of rotatable bonds is 5. The van der Waals surface area contributed by atoms with E-state index < -0.39 is 18.0 Å². The summed E-state index contributed by atoms with van der Waals surface area (Å²) >= 11 is 6.46. The van der Waals surface area contributed by atoms with Crippen molar-refractivity contribution >= 4 is 23.5 Å². The maximum Gasteiger partial charge on any atom is 0.408 e. The lowest BCUT2D eigenvalue weighted by atomic mass is 10.1. The molecule has 1 heterocycles. The second kappa shape index (κ2) is 7.58. The molecule has 1 atom stereocenters. The Balaban J connectivity index is 2.27. The summed E-state index contributed by atoms with van der Waals surface area (Å²) < 4.78 is 59.7. The van der Waals surface area contributed by atoms with Crippen molar-refractivity contribution in [1.29, 1.82) is 0 Å². The van der Waals surface area contributed by atoms with E-state index in [-0.39, 0.29) is 16.3 Å². The summed E-state index contributed by atoms with van der Waals surface area (Å²) in [7, 11) is 2.53. The van der Waals surface area contributed by atoms with Gasteiger partial charge < -0.3 is 4.74 Å². The van der Waals surface area contributed by atoms with E-state index in [1.165, 1.54) is 44.6 Å². The molecule has 0 saturated carbocycles. The fourth-order valence-electron chi connectivity index (χ4n) is 2.08. The van der Waals surface area contributed by atoms with Gasteiger partial charge in [0.15, 0.2) is 5.82 Å². The van der Waals surface area contributed by atoms with E-state index >= 15 is 0 Å². The molecule has 0 saturated heterocycles. The fraction of sp³-hybridized carbons (Fsp3) is 0.267. The zero-order valence-electron chi connectivity index (χ0n) is 12.6. The quantitative estimate of drug-likeness (QED) is 0.530. The Morgan fingerprint density at radius 2 is 1.88 bits per heavy atom. The van der Waals surface area contributed by atoms with Gasteiger partial charge in [-0.05, 0) is 42.8 Å². The minimum atomic E-state index is -4.52. The minimum absolute atomic E-state index is 0.0313. The standard InChI is InChI=1S/C15H13ClF4N2OS/c1-22(24-11-7-12(17)14(23-2)21-8-11)13(15(18,19)20)9-3-5-10(16)6-4-9/h3-8,13H,1-2H3/t13-/m1/s1. The van der Waals surface area contributed by atoms with Gasteiger partial charge >= 0.3 is 6.18 Å². The summed E-state index contributed by atoms with van der Waals surface area (Å²) in [5.74, 6) is -0.960. The number of aromatic nitrogens is 1. The summed E-state index contributed by atoms with van der Waals surface area (Å²) in [6.45, 7) is 0. The molecule has 1 aromatic carbocycles. The SMILES string of the molecule is COc1ncc(SN(C)[C@H](c2ccc(Cl)cc2)C(F)(F)F)cc1F. The normalized spacial score (nSPS) is 13.2. The lowest BCUT2D eigenvalue weighted by molar-refractivity contribution is -0.169. The predicted octanol–water partition coefficient (Wildman–Crippen LogP) is 5.13. The van der Waals surface area contributed by atoms with Crippen LogP contribution in [0.5, 0.6) is 5.88 Å². The van der Waals surface area contributed by atoms with E-state index in [1.54, 1.807) is 0 Å². The summed E-state index contributed by atoms with van der Waals surface area (Å²) in [6.07, 6.45) is -3.27. The first-order valence-corrected chi connectivity index (χ1v) is 7.80. The monoisotopic (exact) mass is 380 g/mol. The summed E-state index contributed by atoms with van der Waals surface area (Å²) in [5, 5.41) is 0.344. The number of alkyl halides is 3. The Hall–Kier alpha value is -1.51. The van der Waals surface area contributed by atoms with Gasteiger partial charge in [-0.15, -0.1) is 0 Å². The molecular weight excluding hydrogens is 368 g/mol. The molecule has 0 aliphatic carbocycles. The van der Waals surface area contributed by atoms with Crippen molar-refractivity contribution in [3.8, 4) is 5.88 Å². The Morgan fingerprint density at radius 3 is 2.38 bits per heavy atom. The topological polar surface area (TPSA) is 25.4 Å². The van der Waals surface area contributed by atoms with Gasteiger partial charge in [0, 0.05) is 16.1 Å². The summed E-state index contributed by atoms with van der Waals surface area (Å²) in [6, 6.07) is 4.59. The van der Waals surface area contributed by atoms with Gasteiger partial charge in [0.2, 0.25) is 5.88 Å². The molecule has 1 aromatic heterocycles. The molecule has 0 fully saturated rings. The molecule has 0 spiro atoms. The number of ether oxygens (including phenoxy) is 1. The van der Waals surface area contributed by atoms with Gasteiger partial charge in [-0.2, -0.15) is 13.2 Å². The van der Waals surface area contributed by atoms with Crippen LogP contribution in [0.4, 0.5) is 17.6 Å². The summed E-state index contributed by atoms with van der Waals surface area (Å²) in [4.78, 5) is 3.93. The van der Waals surface area contributed by atoms with Crippen molar-refractivity contribution in [3.63, 3.8) is 0 Å². The van der Waals surface area contributed by atoms with Gasteiger partial charge in [0.25, 0.3) is 0 Å². The van der Waals surface area contributed by atoms with E-state index in [0.717, 1.165) is 22.3 Å². The smallest absolute Gasteiger partial charge is 0.408 e. The molecule has 0 unspecified atom stereocenters. The molecule has 3 nitrogen and oxygen atoms in total. The first-order chi connectivity index (χ1) is 11.2. The second-order valence-electron chi connectivity index (χ2n) is 4.80. The molecule has 9 heteroatoms. The van der Waals surface area contributed by atoms with Crippen LogP contribution in [0.2, 0.25) is 5.02 Å². The van der Waals surface area contributed by atoms with Crippen molar-refractivity contribution < 1.29 is 22.3 Å². The van der Waals surface area contributed by atoms with Crippen LogP contribution in [0.25, 0.3) is 0 Å². The molecular formula is C15H13ClF4N2OS. The van der Waals surface area contributed by atoms with Crippen molar-refractivity contribution in [2.24, 2.45) is 0 Å². The molecule has 0 bridgehead atoms. The average Bonchev–Trinajstić information content (AvgIpc) is 2.48. The van der Waals surface area contributed by atoms with Gasteiger partial charge in [0.05, 0.1) is 7.11 Å². The van der Waals surface area contributed by atoms with E-state index in [2.05, 4.69) is 9.72 Å². The van der Waals surface area contributed by atoms with E-state index in [9.17, 15) is 17.6 Å². The van der Waals surface area contributed by atoms with Crippen LogP contribution in [-0.2, 0) is 0 Å². The molecule has 0 radical (unpaired) electrons. The van der Waals surface area contributed by atoms with Crippen molar-refractivity contribution in [2.75, 3.05) is 14.2 Å². The lowest BCUT2D eigenvalue weighted by Crippen LogP contribution is -2.31. The second-order valence-corrected chi connectivity index (χ2v) is 6.46. The zero-order valence-corrected chi connectivity index (χ0v) is 14.2. The molecule has 0 N–H and O–H groups in total. The van der Waals surface area contributed by atoms with Crippen molar-refractivity contribution in [3.05, 3.63) is 52.9 Å². The maximum absolute atomic E-state index is 13.6. The van der Waals surface area contributed by atoms with Gasteiger partial charge in [-0.25, -0.2) is 13.7 Å². The third-order valence-corrected chi connectivity index (χ3v) is 4.27. The van der Waals surface area contributed by atoms with Crippen LogP contribution in [-0.4, -0.2) is 29.6 Å². The van der Waals surface area contributed by atoms with Crippen LogP contribution in [0.1, 0.15) is 11.6 Å². The van der Waals surface area contributed by atoms with Crippen molar-refractivity contribution in [1.82, 2.24) is 9.29 Å². The molecule has 0 aliphatic heterocycles. The number of hydrogen-bond donors (Lipinski definition) is 0. The number of halogens is 5. The molecule has 130 valence electrons. The van der Waals surface area contributed by atoms with Gasteiger partial charge in [-0.3, -0.25) is 0 Å². The molecule has 0 amide bonds. The first kappa shape index (κ1) is 18.8. The first-order valence-electron chi connectivity index (χ1n) is 6.65. The number of hydrogen-bond acceptors (Lipinski definition) is 4. The predicted molar refractivity (Wildman–Crippen MR) is 84.6 cm³/mol.